The number of amides is 1. The van der Waals surface area contributed by atoms with Crippen LogP contribution < -0.4 is 15.4 Å². The van der Waals surface area contributed by atoms with Gasteiger partial charge >= 0.3 is 6.01 Å². The average molecular weight is 663 g/mol. The van der Waals surface area contributed by atoms with Crippen molar-refractivity contribution in [3.8, 4) is 23.3 Å². The number of carbonyl (C=O) groups is 1. The van der Waals surface area contributed by atoms with E-state index in [4.69, 9.17) is 15.5 Å². The largest absolute Gasteiger partial charge is 0.461 e. The fraction of sp³-hybridized carbons (Fsp3) is 0.424. The van der Waals surface area contributed by atoms with Crippen molar-refractivity contribution >= 4 is 49.1 Å². The van der Waals surface area contributed by atoms with E-state index < -0.39 is 23.3 Å². The number of nitriles is 1. The molecule has 0 spiro atoms. The number of ether oxygens (including phenoxy) is 1. The van der Waals surface area contributed by atoms with Crippen LogP contribution >= 0.6 is 11.3 Å². The maximum atomic E-state index is 16.8. The lowest BCUT2D eigenvalue weighted by Gasteiger charge is -2.32. The van der Waals surface area contributed by atoms with Crippen LogP contribution in [0.3, 0.4) is 0 Å². The number of nitrogens with two attached hydrogens (primary N) is 1. The highest BCUT2D eigenvalue weighted by Crippen LogP contribution is 2.43. The molecule has 0 aliphatic carbocycles. The molecule has 3 aliphatic heterocycles. The van der Waals surface area contributed by atoms with E-state index >= 15 is 4.39 Å². The minimum atomic E-state index is -0.953. The van der Waals surface area contributed by atoms with Crippen molar-refractivity contribution in [3.63, 3.8) is 0 Å². The van der Waals surface area contributed by atoms with Crippen molar-refractivity contribution in [3.05, 3.63) is 48.2 Å². The van der Waals surface area contributed by atoms with Gasteiger partial charge in [0, 0.05) is 49.7 Å². The number of nitrogens with zero attached hydrogens (tertiary/aromatic N) is 7. The monoisotopic (exact) mass is 662 g/mol. The average Bonchev–Trinajstić information content (AvgIpc) is 3.80. The molecule has 0 saturated carbocycles. The number of anilines is 2. The molecule has 6 heterocycles. The standard InChI is InChI=1S/C33H33F3N8O2S/c1-4-24(45)44-11-8-23(17(44)2)42(3)31-21-14-39-27(19-6-7-22(35)29-25(19)20(13-37)30(38)47-29)26(36)28(21)40-32(41-31)46-16-33-9-5-10-43(33)15-18(34)12-33/h4,6-7,14,17-18,23H,1,5,8-12,15-16,38H2,2-3H3/t17-,18+,23+,33-/m0/s1. The maximum absolute atomic E-state index is 16.8. The molecule has 1 aromatic carbocycles. The summed E-state index contributed by atoms with van der Waals surface area (Å²) in [5, 5.41) is 10.4. The third-order valence-corrected chi connectivity index (χ3v) is 11.1. The smallest absolute Gasteiger partial charge is 0.319 e. The molecular weight excluding hydrogens is 629 g/mol. The van der Waals surface area contributed by atoms with E-state index in [-0.39, 0.29) is 68.0 Å². The summed E-state index contributed by atoms with van der Waals surface area (Å²) in [5.74, 6) is -1.21. The Labute approximate surface area is 273 Å². The molecule has 4 aromatic rings. The molecule has 47 heavy (non-hydrogen) atoms. The van der Waals surface area contributed by atoms with Crippen LogP contribution in [0.4, 0.5) is 24.0 Å². The number of likely N-dealkylation sites (tertiary alicyclic amines) is 1. The lowest BCUT2D eigenvalue weighted by molar-refractivity contribution is -0.126. The Hall–Kier alpha value is -4.48. The first-order valence-electron chi connectivity index (χ1n) is 15.5. The second kappa shape index (κ2) is 11.6. The van der Waals surface area contributed by atoms with Crippen molar-refractivity contribution < 1.29 is 22.7 Å². The van der Waals surface area contributed by atoms with Crippen LogP contribution in [-0.4, -0.2) is 87.7 Å². The normalized spacial score (nSPS) is 24.2. The van der Waals surface area contributed by atoms with Gasteiger partial charge in [-0.05, 0) is 50.9 Å². The van der Waals surface area contributed by atoms with Gasteiger partial charge in [-0.3, -0.25) is 14.7 Å². The quantitative estimate of drug-likeness (QED) is 0.266. The number of nitrogen functional groups attached to an aromatic ring is 1. The number of pyridine rings is 1. The van der Waals surface area contributed by atoms with Gasteiger partial charge in [-0.1, -0.05) is 6.58 Å². The number of hydrogen-bond acceptors (Lipinski definition) is 10. The van der Waals surface area contributed by atoms with Gasteiger partial charge in [0.05, 0.1) is 27.2 Å². The molecule has 0 radical (unpaired) electrons. The van der Waals surface area contributed by atoms with Crippen LogP contribution in [0.2, 0.25) is 0 Å². The summed E-state index contributed by atoms with van der Waals surface area (Å²) >= 11 is 0.914. The summed E-state index contributed by atoms with van der Waals surface area (Å²) in [5.41, 5.74) is 5.58. The number of benzene rings is 1. The van der Waals surface area contributed by atoms with E-state index in [0.29, 0.717) is 37.1 Å². The Balaban J connectivity index is 1.35. The number of alkyl halides is 1. The van der Waals surface area contributed by atoms with Gasteiger partial charge in [-0.25, -0.2) is 13.2 Å². The molecular formula is C33H33F3N8O2S. The van der Waals surface area contributed by atoms with Crippen molar-refractivity contribution in [1.82, 2.24) is 24.8 Å². The zero-order chi connectivity index (χ0) is 33.2. The molecule has 0 unspecified atom stereocenters. The molecule has 244 valence electrons. The van der Waals surface area contributed by atoms with Gasteiger partial charge in [0.15, 0.2) is 5.82 Å². The van der Waals surface area contributed by atoms with Crippen molar-refractivity contribution in [2.75, 3.05) is 43.9 Å². The lowest BCUT2D eigenvalue weighted by Crippen LogP contribution is -2.44. The summed E-state index contributed by atoms with van der Waals surface area (Å²) in [4.78, 5) is 31.9. The van der Waals surface area contributed by atoms with Crippen LogP contribution in [0.15, 0.2) is 31.0 Å². The summed E-state index contributed by atoms with van der Waals surface area (Å²) in [6.07, 6.45) is 4.46. The molecule has 10 nitrogen and oxygen atoms in total. The zero-order valence-electron chi connectivity index (χ0n) is 26.0. The Bertz CT molecular complexity index is 1980. The molecule has 0 bridgehead atoms. The minimum absolute atomic E-state index is 0.0462. The maximum Gasteiger partial charge on any atom is 0.319 e. The van der Waals surface area contributed by atoms with E-state index in [1.54, 1.807) is 4.90 Å². The summed E-state index contributed by atoms with van der Waals surface area (Å²) in [6, 6.07) is 4.12. The number of aromatic nitrogens is 3. The molecule has 7 rings (SSSR count). The van der Waals surface area contributed by atoms with Gasteiger partial charge in [-0.2, -0.15) is 15.2 Å². The van der Waals surface area contributed by atoms with Crippen molar-refractivity contribution in [2.45, 2.75) is 56.4 Å². The molecule has 14 heteroatoms. The first-order valence-corrected chi connectivity index (χ1v) is 16.3. The number of likely N-dealkylation sites (N-methyl/N-ethyl adjacent to an activating group) is 1. The van der Waals surface area contributed by atoms with Crippen molar-refractivity contribution in [2.24, 2.45) is 0 Å². The second-order valence-electron chi connectivity index (χ2n) is 12.6. The summed E-state index contributed by atoms with van der Waals surface area (Å²) in [7, 11) is 1.82. The Morgan fingerprint density at radius 1 is 1.34 bits per heavy atom. The van der Waals surface area contributed by atoms with Gasteiger partial charge in [-0.15, -0.1) is 11.3 Å². The number of thiophene rings is 1. The first kappa shape index (κ1) is 31.1. The lowest BCUT2D eigenvalue weighted by atomic mass is 9.95. The number of fused-ring (bicyclic) bond motifs is 3. The predicted octanol–water partition coefficient (Wildman–Crippen LogP) is 5.21. The Morgan fingerprint density at radius 2 is 2.15 bits per heavy atom. The van der Waals surface area contributed by atoms with E-state index in [0.717, 1.165) is 30.7 Å². The molecule has 3 fully saturated rings. The fourth-order valence-electron chi connectivity index (χ4n) is 7.71. The van der Waals surface area contributed by atoms with E-state index in [1.165, 1.54) is 24.4 Å². The predicted molar refractivity (Wildman–Crippen MR) is 174 cm³/mol. The van der Waals surface area contributed by atoms with Gasteiger partial charge in [0.2, 0.25) is 5.91 Å². The van der Waals surface area contributed by atoms with Gasteiger partial charge in [0.25, 0.3) is 0 Å². The summed E-state index contributed by atoms with van der Waals surface area (Å²) < 4.78 is 52.4. The first-order chi connectivity index (χ1) is 22.6. The van der Waals surface area contributed by atoms with Gasteiger partial charge < -0.3 is 20.3 Å². The van der Waals surface area contributed by atoms with Crippen LogP contribution in [0, 0.1) is 23.0 Å². The minimum Gasteiger partial charge on any atom is -0.461 e. The SMILES string of the molecule is C=CC(=O)N1CC[C@@H](N(C)c2nc(OC[C@@]34CCCN3C[C@H](F)C4)nc3c(F)c(-c4ccc(F)c5sc(N)c(C#N)c45)ncc23)[C@@H]1C. The number of carbonyl (C=O) groups excluding carboxylic acids is 1. The van der Waals surface area contributed by atoms with Gasteiger partial charge in [0.1, 0.15) is 46.7 Å². The topological polar surface area (TPSA) is 125 Å². The molecule has 4 atom stereocenters. The third kappa shape index (κ3) is 4.94. The molecule has 2 N–H and O–H groups in total. The third-order valence-electron chi connectivity index (χ3n) is 10.1. The fourth-order valence-corrected chi connectivity index (χ4v) is 8.66. The Kier molecular flexibility index (Phi) is 7.71. The number of hydrogen-bond donors (Lipinski definition) is 1. The second-order valence-corrected chi connectivity index (χ2v) is 13.6. The molecule has 3 aliphatic rings. The van der Waals surface area contributed by atoms with Crippen LogP contribution in [0.5, 0.6) is 6.01 Å². The Morgan fingerprint density at radius 3 is 2.91 bits per heavy atom. The number of rotatable bonds is 7. The highest BCUT2D eigenvalue weighted by Gasteiger charge is 2.49. The highest BCUT2D eigenvalue weighted by molar-refractivity contribution is 7.23. The van der Waals surface area contributed by atoms with Crippen LogP contribution in [0.25, 0.3) is 32.2 Å². The molecule has 3 aromatic heterocycles. The van der Waals surface area contributed by atoms with Crippen LogP contribution in [0.1, 0.15) is 38.2 Å². The van der Waals surface area contributed by atoms with Crippen molar-refractivity contribution in [1.29, 1.82) is 5.26 Å². The van der Waals surface area contributed by atoms with Crippen LogP contribution in [-0.2, 0) is 4.79 Å². The van der Waals surface area contributed by atoms with E-state index in [9.17, 15) is 18.8 Å². The van der Waals surface area contributed by atoms with E-state index in [1.807, 2.05) is 24.9 Å². The zero-order valence-corrected chi connectivity index (χ0v) is 26.8. The molecule has 3 saturated heterocycles. The molecule has 1 amide bonds. The summed E-state index contributed by atoms with van der Waals surface area (Å²) in [6.45, 7) is 7.34. The number of halogens is 3. The highest BCUT2D eigenvalue weighted by atomic mass is 32.1. The van der Waals surface area contributed by atoms with E-state index in [2.05, 4.69) is 21.4 Å².